The highest BCUT2D eigenvalue weighted by Gasteiger charge is 2.25. The van der Waals surface area contributed by atoms with E-state index in [1.165, 1.54) is 96.3 Å². The van der Waals surface area contributed by atoms with Crippen LogP contribution in [0.3, 0.4) is 0 Å². The van der Waals surface area contributed by atoms with Crippen molar-refractivity contribution in [3.8, 4) is 0 Å². The fourth-order valence-electron chi connectivity index (χ4n) is 6.15. The van der Waals surface area contributed by atoms with Crippen molar-refractivity contribution < 1.29 is 37.6 Å². The molecule has 0 heterocycles. The smallest absolute Gasteiger partial charge is 0.462 e. The van der Waals surface area contributed by atoms with Gasteiger partial charge in [-0.3, -0.25) is 18.6 Å². The SMILES string of the molecule is CC/C=C\C/C=C\C/C=C\C/C=C\CCCCCCC(=O)OC(COC(=O)CCCCCCCCCCCCCCCCCCCC)COP(=O)(O)OCC. The first-order valence-corrected chi connectivity index (χ1v) is 23.9. The van der Waals surface area contributed by atoms with E-state index in [-0.39, 0.29) is 25.6 Å². The molecule has 0 fully saturated rings. The van der Waals surface area contributed by atoms with Crippen LogP contribution >= 0.6 is 7.82 Å². The normalized spacial score (nSPS) is 13.7. The molecule has 2 atom stereocenters. The second kappa shape index (κ2) is 41.6. The lowest BCUT2D eigenvalue weighted by molar-refractivity contribution is -0.161. The summed E-state index contributed by atoms with van der Waals surface area (Å²) in [6.45, 7) is 5.35. The maximum Gasteiger partial charge on any atom is 0.472 e. The van der Waals surface area contributed by atoms with E-state index < -0.39 is 26.5 Å². The van der Waals surface area contributed by atoms with Gasteiger partial charge in [0.15, 0.2) is 6.10 Å². The van der Waals surface area contributed by atoms with Gasteiger partial charge in [0.2, 0.25) is 0 Å². The molecule has 0 radical (unpaired) electrons. The van der Waals surface area contributed by atoms with Crippen LogP contribution in [0, 0.1) is 0 Å². The van der Waals surface area contributed by atoms with Gasteiger partial charge in [-0.05, 0) is 58.3 Å². The summed E-state index contributed by atoms with van der Waals surface area (Å²) in [5, 5.41) is 0. The van der Waals surface area contributed by atoms with E-state index in [4.69, 9.17) is 18.5 Å². The van der Waals surface area contributed by atoms with E-state index >= 15 is 0 Å². The van der Waals surface area contributed by atoms with Crippen LogP contribution in [0.15, 0.2) is 48.6 Å². The summed E-state index contributed by atoms with van der Waals surface area (Å²) in [5.41, 5.74) is 0. The molecule has 0 spiro atoms. The van der Waals surface area contributed by atoms with Crippen molar-refractivity contribution >= 4 is 19.8 Å². The Balaban J connectivity index is 4.08. The van der Waals surface area contributed by atoms with Crippen molar-refractivity contribution in [1.29, 1.82) is 0 Å². The summed E-state index contributed by atoms with van der Waals surface area (Å²) >= 11 is 0. The van der Waals surface area contributed by atoms with Gasteiger partial charge in [0.1, 0.15) is 6.61 Å². The van der Waals surface area contributed by atoms with Crippen LogP contribution in [0.1, 0.15) is 207 Å². The van der Waals surface area contributed by atoms with Gasteiger partial charge >= 0.3 is 19.8 Å². The van der Waals surface area contributed by atoms with Gasteiger partial charge in [-0.25, -0.2) is 4.57 Å². The van der Waals surface area contributed by atoms with Crippen LogP contribution < -0.4 is 0 Å². The van der Waals surface area contributed by atoms with E-state index in [1.54, 1.807) is 6.92 Å². The number of rotatable bonds is 41. The molecule has 0 saturated carbocycles. The van der Waals surface area contributed by atoms with Crippen molar-refractivity contribution in [3.63, 3.8) is 0 Å². The number of phosphoric acid groups is 1. The summed E-state index contributed by atoms with van der Waals surface area (Å²) < 4.78 is 32.7. The molecule has 0 aliphatic rings. The summed E-state index contributed by atoms with van der Waals surface area (Å²) in [6.07, 6.45) is 48.8. The molecule has 55 heavy (non-hydrogen) atoms. The van der Waals surface area contributed by atoms with Crippen molar-refractivity contribution in [1.82, 2.24) is 0 Å². The highest BCUT2D eigenvalue weighted by Crippen LogP contribution is 2.43. The molecule has 0 aromatic carbocycles. The fraction of sp³-hybridized carbons (Fsp3) is 0.783. The molecule has 8 nitrogen and oxygen atoms in total. The van der Waals surface area contributed by atoms with Gasteiger partial charge in [0, 0.05) is 12.8 Å². The topological polar surface area (TPSA) is 108 Å². The molecule has 0 saturated heterocycles. The molecular weight excluding hydrogens is 711 g/mol. The number of allylic oxidation sites excluding steroid dienone is 8. The molecule has 2 unspecified atom stereocenters. The Hall–Kier alpha value is -1.99. The molecule has 0 amide bonds. The number of esters is 2. The Bertz CT molecular complexity index is 1040. The molecule has 9 heteroatoms. The summed E-state index contributed by atoms with van der Waals surface area (Å²) in [4.78, 5) is 34.8. The highest BCUT2D eigenvalue weighted by atomic mass is 31.2. The first-order chi connectivity index (χ1) is 26.8. The predicted molar refractivity (Wildman–Crippen MR) is 230 cm³/mol. The highest BCUT2D eigenvalue weighted by molar-refractivity contribution is 7.47. The summed E-state index contributed by atoms with van der Waals surface area (Å²) in [5.74, 6) is -0.820. The number of hydrogen-bond donors (Lipinski definition) is 1. The van der Waals surface area contributed by atoms with Crippen LogP contribution in [0.5, 0.6) is 0 Å². The zero-order valence-electron chi connectivity index (χ0n) is 35.6. The molecule has 0 aliphatic carbocycles. The Kier molecular flexibility index (Phi) is 40.1. The second-order valence-electron chi connectivity index (χ2n) is 14.7. The van der Waals surface area contributed by atoms with Gasteiger partial charge in [-0.1, -0.05) is 184 Å². The van der Waals surface area contributed by atoms with Crippen LogP contribution in [-0.2, 0) is 32.7 Å². The third-order valence-electron chi connectivity index (χ3n) is 9.40. The molecular formula is C46H83O8P. The van der Waals surface area contributed by atoms with E-state index in [9.17, 15) is 19.0 Å². The molecule has 320 valence electrons. The largest absolute Gasteiger partial charge is 0.472 e. The van der Waals surface area contributed by atoms with Crippen molar-refractivity contribution in [2.45, 2.75) is 213 Å². The van der Waals surface area contributed by atoms with Crippen LogP contribution in [-0.4, -0.2) is 42.8 Å². The minimum Gasteiger partial charge on any atom is -0.462 e. The second-order valence-corrected chi connectivity index (χ2v) is 16.1. The Morgan fingerprint density at radius 3 is 1.40 bits per heavy atom. The van der Waals surface area contributed by atoms with Crippen molar-refractivity contribution in [2.24, 2.45) is 0 Å². The van der Waals surface area contributed by atoms with E-state index in [0.29, 0.717) is 12.8 Å². The molecule has 1 N–H and O–H groups in total. The molecule has 0 bridgehead atoms. The zero-order chi connectivity index (χ0) is 40.3. The predicted octanol–water partition coefficient (Wildman–Crippen LogP) is 14.2. The van der Waals surface area contributed by atoms with Crippen molar-refractivity contribution in [2.75, 3.05) is 19.8 Å². The maximum atomic E-state index is 12.6. The first-order valence-electron chi connectivity index (χ1n) is 22.4. The van der Waals surface area contributed by atoms with Gasteiger partial charge in [-0.2, -0.15) is 0 Å². The van der Waals surface area contributed by atoms with Crippen LogP contribution in [0.2, 0.25) is 0 Å². The minimum absolute atomic E-state index is 0.00506. The van der Waals surface area contributed by atoms with Gasteiger partial charge in [-0.15, -0.1) is 0 Å². The van der Waals surface area contributed by atoms with E-state index in [1.807, 2.05) is 0 Å². The van der Waals surface area contributed by atoms with Crippen molar-refractivity contribution in [3.05, 3.63) is 48.6 Å². The first kappa shape index (κ1) is 53.0. The zero-order valence-corrected chi connectivity index (χ0v) is 36.5. The molecule has 0 aromatic heterocycles. The lowest BCUT2D eigenvalue weighted by Gasteiger charge is -2.19. The number of carbonyl (C=O) groups excluding carboxylic acids is 2. The number of phosphoric ester groups is 1. The number of hydrogen-bond acceptors (Lipinski definition) is 7. The van der Waals surface area contributed by atoms with Gasteiger partial charge < -0.3 is 14.4 Å². The third kappa shape index (κ3) is 41.5. The average molecular weight is 795 g/mol. The summed E-state index contributed by atoms with van der Waals surface area (Å²) in [6, 6.07) is 0. The fourth-order valence-corrected chi connectivity index (χ4v) is 6.91. The summed E-state index contributed by atoms with van der Waals surface area (Å²) in [7, 11) is -4.29. The Labute approximate surface area is 338 Å². The van der Waals surface area contributed by atoms with Gasteiger partial charge in [0.25, 0.3) is 0 Å². The standard InChI is InChI=1S/C46H83O8P/c1-4-7-9-11-13-15-17-19-21-23-25-26-28-30-32-34-36-38-40-45(47)51-42-44(43-53-55(49,50)52-6-3)54-46(48)41-39-37-35-33-31-29-27-24-22-20-18-16-14-12-10-8-5-2/h8,10,14,16,20,22,27,29,44H,4-7,9,11-13,15,17-19,21,23-26,28,30-43H2,1-3H3,(H,49,50)/b10-8-,16-14-,22-20-,29-27-. The number of unbranched alkanes of at least 4 members (excludes halogenated alkanes) is 21. The van der Waals surface area contributed by atoms with Gasteiger partial charge in [0.05, 0.1) is 13.2 Å². The quantitative estimate of drug-likeness (QED) is 0.0282. The number of carbonyl (C=O) groups is 2. The third-order valence-corrected chi connectivity index (χ3v) is 10.5. The molecule has 0 aliphatic heterocycles. The maximum absolute atomic E-state index is 12.6. The van der Waals surface area contributed by atoms with E-state index in [2.05, 4.69) is 62.5 Å². The van der Waals surface area contributed by atoms with Crippen LogP contribution in [0.4, 0.5) is 0 Å². The minimum atomic E-state index is -4.29. The van der Waals surface area contributed by atoms with E-state index in [0.717, 1.165) is 70.6 Å². The monoisotopic (exact) mass is 795 g/mol. The Morgan fingerprint density at radius 2 is 0.927 bits per heavy atom. The van der Waals surface area contributed by atoms with Crippen LogP contribution in [0.25, 0.3) is 0 Å². The Morgan fingerprint density at radius 1 is 0.509 bits per heavy atom. The molecule has 0 aromatic rings. The lowest BCUT2D eigenvalue weighted by Crippen LogP contribution is -2.29. The molecule has 0 rings (SSSR count). The number of ether oxygens (including phenoxy) is 2. The average Bonchev–Trinajstić information content (AvgIpc) is 3.16. The lowest BCUT2D eigenvalue weighted by atomic mass is 10.0.